The van der Waals surface area contributed by atoms with Gasteiger partial charge in [0.2, 0.25) is 0 Å². The van der Waals surface area contributed by atoms with Crippen LogP contribution in [0.25, 0.3) is 22.8 Å². The molecule has 2 heterocycles. The van der Waals surface area contributed by atoms with Crippen LogP contribution in [0.2, 0.25) is 25.7 Å². The number of imidazole rings is 2. The molecule has 40 heavy (non-hydrogen) atoms. The first kappa shape index (κ1) is 32.1. The Bertz CT molecular complexity index is 1410. The number of nitrogens with one attached hydrogen (secondary N) is 1. The Morgan fingerprint density at radius 2 is 1.48 bits per heavy atom. The lowest BCUT2D eigenvalue weighted by molar-refractivity contribution is -0.138. The molecule has 0 fully saturated rings. The number of benzene rings is 2. The van der Waals surface area contributed by atoms with Gasteiger partial charge in [-0.15, -0.1) is 0 Å². The van der Waals surface area contributed by atoms with E-state index in [0.717, 1.165) is 30.3 Å². The lowest BCUT2D eigenvalue weighted by atomic mass is 10.1. The Labute approximate surface area is 245 Å². The standard InChI is InChI=1S/C16H20BrF3N2OSi.C10H6BrF3N2/c1-24(2,3)8-7-23-11-22-10-14(17)21-15(22)12-5-4-6-13(9-12)16(18,19)20;11-8-5-15-9(16-8)6-2-1-3-7(4-6)10(12,13)14/h4-6,9-10H,7-8,11H2,1-3H3;1-5H,(H,15,16). The zero-order valence-electron chi connectivity index (χ0n) is 21.7. The van der Waals surface area contributed by atoms with Crippen molar-refractivity contribution in [3.05, 3.63) is 81.3 Å². The minimum atomic E-state index is -4.38. The highest BCUT2D eigenvalue weighted by Gasteiger charge is 2.31. The van der Waals surface area contributed by atoms with Crippen molar-refractivity contribution in [3.8, 4) is 22.8 Å². The maximum Gasteiger partial charge on any atom is 0.416 e. The van der Waals surface area contributed by atoms with Crippen LogP contribution in [-0.2, 0) is 23.8 Å². The van der Waals surface area contributed by atoms with Gasteiger partial charge in [0.05, 0.1) is 17.3 Å². The first-order chi connectivity index (χ1) is 18.5. The monoisotopic (exact) mass is 710 g/mol. The Kier molecular flexibility index (Phi) is 10.5. The minimum absolute atomic E-state index is 0.259. The molecule has 4 rings (SSSR count). The number of H-pyrrole nitrogens is 1. The molecular formula is C26H26Br2F6N4OSi. The maximum absolute atomic E-state index is 12.9. The number of nitrogens with zero attached hydrogens (tertiary/aromatic N) is 3. The normalized spacial score (nSPS) is 12.3. The second-order valence-corrected chi connectivity index (χ2v) is 17.2. The summed E-state index contributed by atoms with van der Waals surface area (Å²) in [5, 5.41) is 0. The van der Waals surface area contributed by atoms with Crippen molar-refractivity contribution in [1.29, 1.82) is 0 Å². The number of ether oxygens (including phenoxy) is 1. The third-order valence-electron chi connectivity index (χ3n) is 5.43. The van der Waals surface area contributed by atoms with E-state index in [-0.39, 0.29) is 6.73 Å². The zero-order chi connectivity index (χ0) is 29.7. The van der Waals surface area contributed by atoms with Gasteiger partial charge in [0.1, 0.15) is 27.6 Å². The fourth-order valence-electron chi connectivity index (χ4n) is 3.38. The summed E-state index contributed by atoms with van der Waals surface area (Å²) in [7, 11) is -1.18. The molecule has 0 saturated carbocycles. The summed E-state index contributed by atoms with van der Waals surface area (Å²) >= 11 is 6.42. The van der Waals surface area contributed by atoms with Crippen molar-refractivity contribution in [2.75, 3.05) is 6.61 Å². The van der Waals surface area contributed by atoms with Crippen LogP contribution in [0.4, 0.5) is 26.3 Å². The van der Waals surface area contributed by atoms with E-state index < -0.39 is 31.6 Å². The number of alkyl halides is 6. The summed E-state index contributed by atoms with van der Waals surface area (Å²) in [6.45, 7) is 7.68. The molecule has 4 aromatic rings. The predicted molar refractivity (Wildman–Crippen MR) is 151 cm³/mol. The highest BCUT2D eigenvalue weighted by molar-refractivity contribution is 9.10. The Morgan fingerprint density at radius 1 is 0.900 bits per heavy atom. The SMILES string of the molecule is C[Si](C)(C)CCOCn1cc(Br)nc1-c1cccc(C(F)(F)F)c1.FC(F)(F)c1cccc(-c2ncc(Br)[nH]2)c1. The van der Waals surface area contributed by atoms with E-state index in [0.29, 0.717) is 38.6 Å². The van der Waals surface area contributed by atoms with Gasteiger partial charge in [-0.1, -0.05) is 43.9 Å². The number of rotatable bonds is 7. The van der Waals surface area contributed by atoms with Crippen LogP contribution >= 0.6 is 31.9 Å². The van der Waals surface area contributed by atoms with Gasteiger partial charge >= 0.3 is 12.4 Å². The molecule has 0 unspecified atom stereocenters. The van der Waals surface area contributed by atoms with Crippen LogP contribution < -0.4 is 0 Å². The number of aromatic amines is 1. The maximum atomic E-state index is 12.9. The van der Waals surface area contributed by atoms with Crippen LogP contribution in [0, 0.1) is 0 Å². The Hall–Kier alpha value is -2.42. The van der Waals surface area contributed by atoms with Crippen molar-refractivity contribution < 1.29 is 31.1 Å². The zero-order valence-corrected chi connectivity index (χ0v) is 25.8. The van der Waals surface area contributed by atoms with Gasteiger partial charge in [0.15, 0.2) is 0 Å². The van der Waals surface area contributed by atoms with Crippen LogP contribution in [0.1, 0.15) is 11.1 Å². The molecule has 2 aromatic heterocycles. The summed E-state index contributed by atoms with van der Waals surface area (Å²) in [6.07, 6.45) is -5.50. The molecule has 0 atom stereocenters. The number of aromatic nitrogens is 4. The second-order valence-electron chi connectivity index (χ2n) is 9.94. The molecule has 0 aliphatic rings. The fourth-order valence-corrected chi connectivity index (χ4v) is 4.84. The van der Waals surface area contributed by atoms with Gasteiger partial charge in [-0.3, -0.25) is 0 Å². The molecule has 0 saturated heterocycles. The van der Waals surface area contributed by atoms with Gasteiger partial charge < -0.3 is 14.3 Å². The topological polar surface area (TPSA) is 55.7 Å². The average molecular weight is 712 g/mol. The molecule has 2 aromatic carbocycles. The van der Waals surface area contributed by atoms with Crippen molar-refractivity contribution in [1.82, 2.24) is 19.5 Å². The number of hydrogen-bond donors (Lipinski definition) is 1. The Morgan fingerprint density at radius 3 is 2.00 bits per heavy atom. The molecule has 0 radical (unpaired) electrons. The average Bonchev–Trinajstić information content (AvgIpc) is 3.46. The van der Waals surface area contributed by atoms with Crippen LogP contribution in [0.15, 0.2) is 70.1 Å². The summed E-state index contributed by atoms with van der Waals surface area (Å²) in [5.74, 6) is 0.846. The predicted octanol–water partition coefficient (Wildman–Crippen LogP) is 9.50. The van der Waals surface area contributed by atoms with Gasteiger partial charge in [-0.25, -0.2) is 9.97 Å². The quantitative estimate of drug-likeness (QED) is 0.118. The molecule has 216 valence electrons. The van der Waals surface area contributed by atoms with E-state index in [2.05, 4.69) is 66.5 Å². The molecule has 5 nitrogen and oxygen atoms in total. The highest BCUT2D eigenvalue weighted by atomic mass is 79.9. The third-order valence-corrected chi connectivity index (χ3v) is 7.92. The summed E-state index contributed by atoms with van der Waals surface area (Å²) in [5.41, 5.74) is -0.562. The van der Waals surface area contributed by atoms with E-state index >= 15 is 0 Å². The van der Waals surface area contributed by atoms with Crippen LogP contribution in [0.3, 0.4) is 0 Å². The van der Waals surface area contributed by atoms with E-state index in [1.54, 1.807) is 22.9 Å². The molecule has 1 N–H and O–H groups in total. The lowest BCUT2D eigenvalue weighted by Gasteiger charge is -2.16. The molecule has 0 bridgehead atoms. The first-order valence-corrected chi connectivity index (χ1v) is 17.2. The fraction of sp³-hybridized carbons (Fsp3) is 0.308. The third kappa shape index (κ3) is 9.60. The van der Waals surface area contributed by atoms with E-state index in [1.807, 2.05) is 0 Å². The summed E-state index contributed by atoms with van der Waals surface area (Å²) < 4.78 is 84.6. The van der Waals surface area contributed by atoms with Gasteiger partial charge in [0.25, 0.3) is 0 Å². The van der Waals surface area contributed by atoms with Crippen molar-refractivity contribution in [2.45, 2.75) is 44.8 Å². The van der Waals surface area contributed by atoms with Crippen molar-refractivity contribution in [3.63, 3.8) is 0 Å². The molecule has 14 heteroatoms. The van der Waals surface area contributed by atoms with Crippen LogP contribution in [0.5, 0.6) is 0 Å². The van der Waals surface area contributed by atoms with Crippen molar-refractivity contribution in [2.24, 2.45) is 0 Å². The molecule has 0 spiro atoms. The minimum Gasteiger partial charge on any atom is -0.361 e. The Balaban J connectivity index is 0.000000238. The van der Waals surface area contributed by atoms with E-state index in [9.17, 15) is 26.3 Å². The highest BCUT2D eigenvalue weighted by Crippen LogP contribution is 2.33. The lowest BCUT2D eigenvalue weighted by Crippen LogP contribution is -2.22. The molecule has 0 aliphatic carbocycles. The largest absolute Gasteiger partial charge is 0.416 e. The van der Waals surface area contributed by atoms with E-state index in [1.165, 1.54) is 18.3 Å². The van der Waals surface area contributed by atoms with Crippen molar-refractivity contribution >= 4 is 39.9 Å². The van der Waals surface area contributed by atoms with E-state index in [4.69, 9.17) is 4.74 Å². The van der Waals surface area contributed by atoms with Crippen LogP contribution in [-0.4, -0.2) is 34.2 Å². The number of halogens is 8. The summed E-state index contributed by atoms with van der Waals surface area (Å²) in [4.78, 5) is 11.0. The van der Waals surface area contributed by atoms with Gasteiger partial charge in [0, 0.05) is 32.0 Å². The smallest absolute Gasteiger partial charge is 0.361 e. The van der Waals surface area contributed by atoms with Gasteiger partial charge in [-0.2, -0.15) is 26.3 Å². The summed E-state index contributed by atoms with van der Waals surface area (Å²) in [6, 6.07) is 11.2. The molecule has 0 aliphatic heterocycles. The molecule has 0 amide bonds. The second kappa shape index (κ2) is 13.0. The molecular weight excluding hydrogens is 686 g/mol. The first-order valence-electron chi connectivity index (χ1n) is 11.9. The van der Waals surface area contributed by atoms with Gasteiger partial charge in [-0.05, 0) is 62.2 Å². The number of hydrogen-bond acceptors (Lipinski definition) is 3.